The molecule has 0 aliphatic rings. The summed E-state index contributed by atoms with van der Waals surface area (Å²) in [5.74, 6) is 0.0533. The summed E-state index contributed by atoms with van der Waals surface area (Å²) in [4.78, 5) is 28.8. The van der Waals surface area contributed by atoms with Crippen molar-refractivity contribution in [2.75, 3.05) is 5.75 Å². The molecule has 3 aromatic rings. The van der Waals surface area contributed by atoms with Gasteiger partial charge in [0.15, 0.2) is 0 Å². The fraction of sp³-hybridized carbons (Fsp3) is 0.310. The van der Waals surface area contributed by atoms with Gasteiger partial charge in [-0.25, -0.2) is 4.39 Å². The van der Waals surface area contributed by atoms with Crippen LogP contribution in [0.4, 0.5) is 4.39 Å². The number of thioether (sulfide) groups is 1. The van der Waals surface area contributed by atoms with Gasteiger partial charge in [0.2, 0.25) is 11.8 Å². The smallest absolute Gasteiger partial charge is 0.243 e. The second-order valence-electron chi connectivity index (χ2n) is 8.91. The van der Waals surface area contributed by atoms with Crippen molar-refractivity contribution in [3.63, 3.8) is 0 Å². The third-order valence-electron chi connectivity index (χ3n) is 6.02. The highest BCUT2D eigenvalue weighted by Crippen LogP contribution is 2.25. The molecule has 0 saturated carbocycles. The molecule has 0 fully saturated rings. The molecule has 0 saturated heterocycles. The molecule has 0 aliphatic carbocycles. The highest BCUT2D eigenvalue weighted by Gasteiger charge is 2.31. The first kappa shape index (κ1) is 29.0. The summed E-state index contributed by atoms with van der Waals surface area (Å²) in [5.41, 5.74) is 2.66. The van der Waals surface area contributed by atoms with Gasteiger partial charge in [-0.05, 0) is 54.3 Å². The van der Waals surface area contributed by atoms with E-state index in [1.807, 2.05) is 50.2 Å². The number of hydrogen-bond donors (Lipinski definition) is 1. The monoisotopic (exact) mass is 560 g/mol. The van der Waals surface area contributed by atoms with E-state index in [1.54, 1.807) is 29.2 Å². The molecule has 0 heterocycles. The molecule has 37 heavy (non-hydrogen) atoms. The van der Waals surface area contributed by atoms with E-state index in [1.165, 1.54) is 23.9 Å². The summed E-state index contributed by atoms with van der Waals surface area (Å²) in [6, 6.07) is 20.4. The Morgan fingerprint density at radius 1 is 0.946 bits per heavy atom. The highest BCUT2D eigenvalue weighted by atomic mass is 35.5. The SMILES string of the molecule is CC[C@@H](C)NC(=O)[C@H](Cc1ccccc1)N(Cc1ccc(Cl)c(Cl)c1)C(=O)CSCc1ccc(F)cc1. The van der Waals surface area contributed by atoms with E-state index in [2.05, 4.69) is 5.32 Å². The maximum atomic E-state index is 13.6. The molecule has 0 unspecified atom stereocenters. The average molecular weight is 562 g/mol. The summed E-state index contributed by atoms with van der Waals surface area (Å²) in [5, 5.41) is 3.87. The zero-order valence-corrected chi connectivity index (χ0v) is 23.3. The van der Waals surface area contributed by atoms with Crippen molar-refractivity contribution < 1.29 is 14.0 Å². The summed E-state index contributed by atoms with van der Waals surface area (Å²) in [7, 11) is 0. The van der Waals surface area contributed by atoms with E-state index >= 15 is 0 Å². The van der Waals surface area contributed by atoms with Crippen molar-refractivity contribution >= 4 is 46.8 Å². The van der Waals surface area contributed by atoms with Crippen LogP contribution in [0.2, 0.25) is 10.0 Å². The van der Waals surface area contributed by atoms with Crippen molar-refractivity contribution in [1.29, 1.82) is 0 Å². The standard InChI is InChI=1S/C29H31Cl2FN2O2S/c1-3-20(2)33-29(36)27(16-21-7-5-4-6-8-21)34(17-23-11-14-25(30)26(31)15-23)28(35)19-37-18-22-9-12-24(32)13-10-22/h4-15,20,27H,3,16-19H2,1-2H3,(H,33,36)/t20-,27+/m1/s1. The predicted octanol–water partition coefficient (Wildman–Crippen LogP) is 6.92. The molecule has 0 aromatic heterocycles. The van der Waals surface area contributed by atoms with Crippen molar-refractivity contribution in [2.45, 2.75) is 51.1 Å². The average Bonchev–Trinajstić information content (AvgIpc) is 2.89. The zero-order chi connectivity index (χ0) is 26.8. The van der Waals surface area contributed by atoms with E-state index in [0.717, 1.165) is 23.1 Å². The van der Waals surface area contributed by atoms with Crippen molar-refractivity contribution in [3.8, 4) is 0 Å². The Morgan fingerprint density at radius 3 is 2.27 bits per heavy atom. The number of amides is 2. The van der Waals surface area contributed by atoms with Crippen LogP contribution in [-0.4, -0.2) is 34.6 Å². The van der Waals surface area contributed by atoms with Crippen molar-refractivity contribution in [3.05, 3.63) is 105 Å². The first-order valence-corrected chi connectivity index (χ1v) is 14.1. The van der Waals surface area contributed by atoms with Crippen LogP contribution in [0.15, 0.2) is 72.8 Å². The molecule has 0 bridgehead atoms. The number of rotatable bonds is 12. The Bertz CT molecular complexity index is 1180. The second kappa shape index (κ2) is 14.4. The summed E-state index contributed by atoms with van der Waals surface area (Å²) in [6.45, 7) is 4.15. The molecular formula is C29H31Cl2FN2O2S. The molecule has 0 aliphatic heterocycles. The van der Waals surface area contributed by atoms with Crippen LogP contribution in [-0.2, 0) is 28.3 Å². The van der Waals surface area contributed by atoms with E-state index in [-0.39, 0.29) is 36.0 Å². The minimum atomic E-state index is -0.718. The lowest BCUT2D eigenvalue weighted by Crippen LogP contribution is -2.52. The first-order chi connectivity index (χ1) is 17.8. The molecule has 1 N–H and O–H groups in total. The fourth-order valence-corrected chi connectivity index (χ4v) is 4.94. The fourth-order valence-electron chi connectivity index (χ4n) is 3.75. The maximum absolute atomic E-state index is 13.6. The van der Waals surface area contributed by atoms with Gasteiger partial charge in [-0.2, -0.15) is 0 Å². The quantitative estimate of drug-likeness (QED) is 0.261. The number of carbonyl (C=O) groups is 2. The molecule has 4 nitrogen and oxygen atoms in total. The molecular weight excluding hydrogens is 530 g/mol. The van der Waals surface area contributed by atoms with Gasteiger partial charge >= 0.3 is 0 Å². The lowest BCUT2D eigenvalue weighted by Gasteiger charge is -2.32. The first-order valence-electron chi connectivity index (χ1n) is 12.2. The molecule has 196 valence electrons. The topological polar surface area (TPSA) is 49.4 Å². The zero-order valence-electron chi connectivity index (χ0n) is 20.9. The van der Waals surface area contributed by atoms with Gasteiger partial charge in [0.05, 0.1) is 15.8 Å². The van der Waals surface area contributed by atoms with Gasteiger partial charge in [0.25, 0.3) is 0 Å². The lowest BCUT2D eigenvalue weighted by atomic mass is 10.0. The minimum Gasteiger partial charge on any atom is -0.352 e. The van der Waals surface area contributed by atoms with E-state index in [9.17, 15) is 14.0 Å². The summed E-state index contributed by atoms with van der Waals surface area (Å²) in [6.07, 6.45) is 1.15. The van der Waals surface area contributed by atoms with Gasteiger partial charge in [-0.15, -0.1) is 11.8 Å². The normalized spacial score (nSPS) is 12.6. The molecule has 2 atom stereocenters. The lowest BCUT2D eigenvalue weighted by molar-refractivity contribution is -0.139. The van der Waals surface area contributed by atoms with Crippen LogP contribution in [0.3, 0.4) is 0 Å². The molecule has 8 heteroatoms. The van der Waals surface area contributed by atoms with Crippen LogP contribution in [0.1, 0.15) is 37.0 Å². The Labute approximate surface area is 232 Å². The number of nitrogens with one attached hydrogen (secondary N) is 1. The molecule has 0 radical (unpaired) electrons. The number of hydrogen-bond acceptors (Lipinski definition) is 3. The van der Waals surface area contributed by atoms with Gasteiger partial charge in [0.1, 0.15) is 11.9 Å². The van der Waals surface area contributed by atoms with Gasteiger partial charge in [-0.3, -0.25) is 9.59 Å². The van der Waals surface area contributed by atoms with Crippen LogP contribution < -0.4 is 5.32 Å². The molecule has 3 rings (SSSR count). The number of carbonyl (C=O) groups excluding carboxylic acids is 2. The summed E-state index contributed by atoms with van der Waals surface area (Å²) >= 11 is 13.8. The Kier molecular flexibility index (Phi) is 11.3. The van der Waals surface area contributed by atoms with Crippen molar-refractivity contribution in [2.24, 2.45) is 0 Å². The highest BCUT2D eigenvalue weighted by molar-refractivity contribution is 7.99. The van der Waals surface area contributed by atoms with Gasteiger partial charge in [-0.1, -0.05) is 78.7 Å². The Morgan fingerprint density at radius 2 is 1.62 bits per heavy atom. The van der Waals surface area contributed by atoms with Crippen LogP contribution in [0, 0.1) is 5.82 Å². The van der Waals surface area contributed by atoms with Gasteiger partial charge in [0, 0.05) is 24.8 Å². The van der Waals surface area contributed by atoms with E-state index < -0.39 is 6.04 Å². The number of benzene rings is 3. The second-order valence-corrected chi connectivity index (χ2v) is 10.7. The van der Waals surface area contributed by atoms with Gasteiger partial charge < -0.3 is 10.2 Å². The molecule has 2 amide bonds. The largest absolute Gasteiger partial charge is 0.352 e. The molecule has 3 aromatic carbocycles. The Hall–Kier alpha value is -2.54. The Balaban J connectivity index is 1.87. The minimum absolute atomic E-state index is 0.0273. The summed E-state index contributed by atoms with van der Waals surface area (Å²) < 4.78 is 13.2. The van der Waals surface area contributed by atoms with E-state index in [4.69, 9.17) is 23.2 Å². The van der Waals surface area contributed by atoms with Crippen LogP contribution in [0.5, 0.6) is 0 Å². The predicted molar refractivity (Wildman–Crippen MR) is 151 cm³/mol. The third kappa shape index (κ3) is 9.06. The number of nitrogens with zero attached hydrogens (tertiary/aromatic N) is 1. The van der Waals surface area contributed by atoms with E-state index in [0.29, 0.717) is 22.2 Å². The van der Waals surface area contributed by atoms with Crippen LogP contribution in [0.25, 0.3) is 0 Å². The molecule has 0 spiro atoms. The third-order valence-corrected chi connectivity index (χ3v) is 7.74. The number of halogens is 3. The van der Waals surface area contributed by atoms with Crippen molar-refractivity contribution in [1.82, 2.24) is 10.2 Å². The maximum Gasteiger partial charge on any atom is 0.243 e. The van der Waals surface area contributed by atoms with Crippen LogP contribution >= 0.6 is 35.0 Å².